The van der Waals surface area contributed by atoms with E-state index in [0.717, 1.165) is 16.8 Å². The van der Waals surface area contributed by atoms with Crippen LogP contribution in [-0.2, 0) is 7.05 Å². The molecule has 1 aromatic carbocycles. The quantitative estimate of drug-likeness (QED) is 0.794. The first-order valence-corrected chi connectivity index (χ1v) is 7.84. The van der Waals surface area contributed by atoms with E-state index in [0.29, 0.717) is 9.88 Å². The summed E-state index contributed by atoms with van der Waals surface area (Å²) >= 11 is 1.37. The van der Waals surface area contributed by atoms with E-state index in [1.165, 1.54) is 11.3 Å². The fourth-order valence-corrected chi connectivity index (χ4v) is 3.25. The van der Waals surface area contributed by atoms with Crippen LogP contribution < -0.4 is 0 Å². The van der Waals surface area contributed by atoms with Gasteiger partial charge in [-0.3, -0.25) is 4.68 Å². The van der Waals surface area contributed by atoms with Crippen LogP contribution in [0, 0.1) is 6.92 Å². The number of hydrogen-bond donors (Lipinski definition) is 1. The number of thiazole rings is 1. The fourth-order valence-electron chi connectivity index (χ4n) is 2.28. The van der Waals surface area contributed by atoms with Gasteiger partial charge in [0.1, 0.15) is 5.01 Å². The lowest BCUT2D eigenvalue weighted by molar-refractivity contribution is 0.0692. The molecule has 0 amide bonds. The zero-order valence-electron chi connectivity index (χ0n) is 12.7. The lowest BCUT2D eigenvalue weighted by Gasteiger charge is -1.97. The zero-order chi connectivity index (χ0) is 16.4. The maximum atomic E-state index is 11.4. The Hall–Kier alpha value is -2.73. The molecule has 0 radical (unpaired) electrons. The highest BCUT2D eigenvalue weighted by Gasteiger charge is 2.17. The number of carboxylic acids is 1. The molecule has 2 aromatic heterocycles. The monoisotopic (exact) mass is 325 g/mol. The maximum Gasteiger partial charge on any atom is 0.356 e. The van der Waals surface area contributed by atoms with Crippen LogP contribution in [0.15, 0.2) is 36.5 Å². The van der Waals surface area contributed by atoms with Crippen molar-refractivity contribution in [2.75, 3.05) is 0 Å². The summed E-state index contributed by atoms with van der Waals surface area (Å²) in [4.78, 5) is 16.4. The number of carbonyl (C=O) groups is 1. The van der Waals surface area contributed by atoms with Crippen molar-refractivity contribution >= 4 is 29.5 Å². The molecule has 6 heteroatoms. The van der Waals surface area contributed by atoms with E-state index in [1.807, 2.05) is 62.7 Å². The maximum absolute atomic E-state index is 11.4. The molecule has 2 heterocycles. The molecule has 5 nitrogen and oxygen atoms in total. The van der Waals surface area contributed by atoms with E-state index in [4.69, 9.17) is 0 Å². The summed E-state index contributed by atoms with van der Waals surface area (Å²) in [5.41, 5.74) is 2.85. The molecule has 3 aromatic rings. The van der Waals surface area contributed by atoms with Crippen molar-refractivity contribution in [1.29, 1.82) is 0 Å². The molecule has 0 saturated heterocycles. The van der Waals surface area contributed by atoms with Gasteiger partial charge in [0.05, 0.1) is 10.6 Å². The molecule has 23 heavy (non-hydrogen) atoms. The average Bonchev–Trinajstić information content (AvgIpc) is 3.09. The van der Waals surface area contributed by atoms with Crippen LogP contribution in [0.5, 0.6) is 0 Å². The topological polar surface area (TPSA) is 68.0 Å². The molecule has 0 saturated carbocycles. The largest absolute Gasteiger partial charge is 0.476 e. The van der Waals surface area contributed by atoms with Gasteiger partial charge in [-0.25, -0.2) is 9.78 Å². The zero-order valence-corrected chi connectivity index (χ0v) is 13.5. The van der Waals surface area contributed by atoms with Gasteiger partial charge in [-0.2, -0.15) is 5.10 Å². The van der Waals surface area contributed by atoms with Crippen LogP contribution in [0.2, 0.25) is 0 Å². The Balaban J connectivity index is 1.98. The third-order valence-electron chi connectivity index (χ3n) is 3.34. The van der Waals surface area contributed by atoms with Crippen LogP contribution in [0.25, 0.3) is 22.6 Å². The van der Waals surface area contributed by atoms with Crippen molar-refractivity contribution in [1.82, 2.24) is 14.8 Å². The summed E-state index contributed by atoms with van der Waals surface area (Å²) in [6.45, 7) is 1.93. The Bertz CT molecular complexity index is 879. The molecule has 0 bridgehead atoms. The lowest BCUT2D eigenvalue weighted by atomic mass is 10.1. The van der Waals surface area contributed by atoms with Crippen LogP contribution >= 0.6 is 11.3 Å². The molecule has 0 spiro atoms. The molecule has 3 rings (SSSR count). The summed E-state index contributed by atoms with van der Waals surface area (Å²) < 4.78 is 1.74. The first-order chi connectivity index (χ1) is 11.0. The van der Waals surface area contributed by atoms with Crippen LogP contribution in [0.1, 0.15) is 26.8 Å². The number of aromatic nitrogens is 3. The van der Waals surface area contributed by atoms with Crippen LogP contribution in [0.3, 0.4) is 0 Å². The molecule has 0 fully saturated rings. The molecular formula is C17H15N3O2S. The van der Waals surface area contributed by atoms with Crippen molar-refractivity contribution in [3.05, 3.63) is 58.5 Å². The molecule has 0 atom stereocenters. The van der Waals surface area contributed by atoms with E-state index in [2.05, 4.69) is 10.1 Å². The number of rotatable bonds is 4. The second-order valence-electron chi connectivity index (χ2n) is 5.08. The minimum Gasteiger partial charge on any atom is -0.476 e. The molecular weight excluding hydrogens is 310 g/mol. The highest BCUT2D eigenvalue weighted by molar-refractivity contribution is 7.16. The fraction of sp³-hybridized carbons (Fsp3) is 0.118. The van der Waals surface area contributed by atoms with Gasteiger partial charge in [-0.1, -0.05) is 30.3 Å². The average molecular weight is 325 g/mol. The van der Waals surface area contributed by atoms with Crippen molar-refractivity contribution in [2.45, 2.75) is 6.92 Å². The highest BCUT2D eigenvalue weighted by Crippen LogP contribution is 2.31. The van der Waals surface area contributed by atoms with E-state index in [1.54, 1.807) is 4.68 Å². The highest BCUT2D eigenvalue weighted by atomic mass is 32.1. The Labute approximate surface area is 137 Å². The number of carboxylic acid groups (broad SMARTS) is 1. The summed E-state index contributed by atoms with van der Waals surface area (Å²) in [6.07, 6.45) is 5.64. The Kier molecular flexibility index (Phi) is 4.08. The lowest BCUT2D eigenvalue weighted by Crippen LogP contribution is -1.98. The third-order valence-corrected chi connectivity index (χ3v) is 4.41. The van der Waals surface area contributed by atoms with E-state index in [9.17, 15) is 9.90 Å². The van der Waals surface area contributed by atoms with Gasteiger partial charge < -0.3 is 5.11 Å². The Morgan fingerprint density at radius 1 is 1.26 bits per heavy atom. The van der Waals surface area contributed by atoms with Gasteiger partial charge in [-0.05, 0) is 24.6 Å². The minimum absolute atomic E-state index is 0.0868. The van der Waals surface area contributed by atoms with Crippen LogP contribution in [-0.4, -0.2) is 25.8 Å². The molecule has 1 N–H and O–H groups in total. The van der Waals surface area contributed by atoms with Gasteiger partial charge in [0.2, 0.25) is 0 Å². The summed E-state index contributed by atoms with van der Waals surface area (Å²) in [6, 6.07) is 9.44. The van der Waals surface area contributed by atoms with E-state index >= 15 is 0 Å². The minimum atomic E-state index is -1.02. The molecule has 0 aliphatic heterocycles. The van der Waals surface area contributed by atoms with Gasteiger partial charge in [0, 0.05) is 18.8 Å². The standard InChI is InChI=1S/C17H15N3O2S/c1-11-13(10-20(2)19-11)8-9-14-18-15(17(21)22)16(23-14)12-6-4-3-5-7-12/h3-10H,1-2H3,(H,21,22)/b9-8+. The van der Waals surface area contributed by atoms with Crippen molar-refractivity contribution in [3.8, 4) is 10.4 Å². The molecule has 0 aliphatic carbocycles. The van der Waals surface area contributed by atoms with Gasteiger partial charge in [0.15, 0.2) is 5.69 Å². The summed E-state index contributed by atoms with van der Waals surface area (Å²) in [5, 5.41) is 14.3. The predicted molar refractivity (Wildman–Crippen MR) is 91.4 cm³/mol. The van der Waals surface area contributed by atoms with Gasteiger partial charge in [-0.15, -0.1) is 11.3 Å². The first-order valence-electron chi connectivity index (χ1n) is 7.02. The van der Waals surface area contributed by atoms with Crippen molar-refractivity contribution < 1.29 is 9.90 Å². The SMILES string of the molecule is Cc1nn(C)cc1/C=C/c1nc(C(=O)O)c(-c2ccccc2)s1. The molecule has 0 unspecified atom stereocenters. The summed E-state index contributed by atoms with van der Waals surface area (Å²) in [7, 11) is 1.86. The second kappa shape index (κ2) is 6.18. The summed E-state index contributed by atoms with van der Waals surface area (Å²) in [5.74, 6) is -1.02. The number of aryl methyl sites for hydroxylation is 2. The number of benzene rings is 1. The first kappa shape index (κ1) is 15.2. The van der Waals surface area contributed by atoms with E-state index in [-0.39, 0.29) is 5.69 Å². The molecule has 0 aliphatic rings. The third kappa shape index (κ3) is 3.22. The Morgan fingerprint density at radius 3 is 2.61 bits per heavy atom. The normalized spacial score (nSPS) is 11.2. The number of nitrogens with zero attached hydrogens (tertiary/aromatic N) is 3. The van der Waals surface area contributed by atoms with Gasteiger partial charge >= 0.3 is 5.97 Å². The number of aromatic carboxylic acids is 1. The van der Waals surface area contributed by atoms with E-state index < -0.39 is 5.97 Å². The predicted octanol–water partition coefficient (Wildman–Crippen LogP) is 3.72. The van der Waals surface area contributed by atoms with Crippen molar-refractivity contribution in [3.63, 3.8) is 0 Å². The number of hydrogen-bond acceptors (Lipinski definition) is 4. The van der Waals surface area contributed by atoms with Gasteiger partial charge in [0.25, 0.3) is 0 Å². The smallest absolute Gasteiger partial charge is 0.356 e. The molecule has 116 valence electrons. The van der Waals surface area contributed by atoms with Crippen molar-refractivity contribution in [2.24, 2.45) is 7.05 Å². The Morgan fingerprint density at radius 2 is 2.00 bits per heavy atom. The second-order valence-corrected chi connectivity index (χ2v) is 6.11. The van der Waals surface area contributed by atoms with Crippen LogP contribution in [0.4, 0.5) is 0 Å².